The van der Waals surface area contributed by atoms with Gasteiger partial charge in [0.2, 0.25) is 5.91 Å². The second-order valence-corrected chi connectivity index (χ2v) is 5.31. The van der Waals surface area contributed by atoms with Crippen LogP contribution >= 0.6 is 0 Å². The van der Waals surface area contributed by atoms with Gasteiger partial charge in [-0.15, -0.1) is 0 Å². The Bertz CT molecular complexity index is 404. The molecular weight excluding hydrogens is 219 g/mol. The molecule has 0 aliphatic heterocycles. The van der Waals surface area contributed by atoms with Crippen molar-refractivity contribution < 1.29 is 9.18 Å². The van der Waals surface area contributed by atoms with Crippen molar-refractivity contribution in [1.29, 1.82) is 0 Å². The van der Waals surface area contributed by atoms with Gasteiger partial charge in [-0.05, 0) is 45.4 Å². The summed E-state index contributed by atoms with van der Waals surface area (Å²) in [5, 5.41) is 2.85. The lowest BCUT2D eigenvalue weighted by Gasteiger charge is -2.30. The number of carbonyl (C=O) groups is 1. The lowest BCUT2D eigenvalue weighted by Crippen LogP contribution is -2.54. The van der Waals surface area contributed by atoms with Gasteiger partial charge in [-0.25, -0.2) is 4.39 Å². The third-order valence-electron chi connectivity index (χ3n) is 2.58. The van der Waals surface area contributed by atoms with Crippen molar-refractivity contribution >= 4 is 5.91 Å². The zero-order chi connectivity index (χ0) is 13.3. The van der Waals surface area contributed by atoms with E-state index in [4.69, 9.17) is 5.73 Å². The molecule has 0 heterocycles. The lowest BCUT2D eigenvalue weighted by molar-refractivity contribution is -0.127. The molecule has 0 aromatic heterocycles. The topological polar surface area (TPSA) is 55.1 Å². The highest BCUT2D eigenvalue weighted by Gasteiger charge is 2.29. The summed E-state index contributed by atoms with van der Waals surface area (Å²) < 4.78 is 12.8. The van der Waals surface area contributed by atoms with Crippen LogP contribution in [-0.2, 0) is 10.3 Å². The molecule has 1 amide bonds. The summed E-state index contributed by atoms with van der Waals surface area (Å²) in [6.07, 6.45) is 0. The van der Waals surface area contributed by atoms with Crippen LogP contribution in [0.25, 0.3) is 0 Å². The van der Waals surface area contributed by atoms with Crippen LogP contribution in [0, 0.1) is 5.82 Å². The maximum atomic E-state index is 12.8. The Kier molecular flexibility index (Phi) is 3.57. The fraction of sp³-hybridized carbons (Fsp3) is 0.462. The maximum Gasteiger partial charge on any atom is 0.240 e. The molecule has 17 heavy (non-hydrogen) atoms. The van der Waals surface area contributed by atoms with E-state index < -0.39 is 11.1 Å². The molecule has 1 aromatic rings. The molecule has 3 nitrogen and oxygen atoms in total. The van der Waals surface area contributed by atoms with E-state index in [9.17, 15) is 9.18 Å². The first-order valence-corrected chi connectivity index (χ1v) is 5.50. The molecular formula is C13H19FN2O. The Hall–Kier alpha value is -1.42. The summed E-state index contributed by atoms with van der Waals surface area (Å²) in [7, 11) is 0. The van der Waals surface area contributed by atoms with E-state index in [0.29, 0.717) is 0 Å². The van der Waals surface area contributed by atoms with Gasteiger partial charge in [0.1, 0.15) is 5.82 Å². The molecule has 0 radical (unpaired) electrons. The van der Waals surface area contributed by atoms with E-state index in [0.717, 1.165) is 5.56 Å². The summed E-state index contributed by atoms with van der Waals surface area (Å²) in [6.45, 7) is 6.99. The van der Waals surface area contributed by atoms with Gasteiger partial charge in [0.15, 0.2) is 0 Å². The second kappa shape index (κ2) is 4.45. The maximum absolute atomic E-state index is 12.8. The monoisotopic (exact) mass is 238 g/mol. The normalized spacial score (nSPS) is 12.4. The Morgan fingerprint density at radius 3 is 2.06 bits per heavy atom. The molecule has 3 N–H and O–H groups in total. The smallest absolute Gasteiger partial charge is 0.240 e. The molecule has 0 spiro atoms. The van der Waals surface area contributed by atoms with Crippen molar-refractivity contribution in [2.45, 2.75) is 38.8 Å². The molecule has 0 bridgehead atoms. The summed E-state index contributed by atoms with van der Waals surface area (Å²) in [5.41, 5.74) is 5.03. The third-order valence-corrected chi connectivity index (χ3v) is 2.58. The van der Waals surface area contributed by atoms with E-state index >= 15 is 0 Å². The molecule has 4 heteroatoms. The zero-order valence-electron chi connectivity index (χ0n) is 10.7. The van der Waals surface area contributed by atoms with E-state index in [1.807, 2.05) is 13.8 Å². The van der Waals surface area contributed by atoms with Crippen LogP contribution in [0.1, 0.15) is 33.3 Å². The Morgan fingerprint density at radius 2 is 1.65 bits per heavy atom. The second-order valence-electron chi connectivity index (χ2n) is 5.31. The van der Waals surface area contributed by atoms with Crippen molar-refractivity contribution in [1.82, 2.24) is 5.32 Å². The van der Waals surface area contributed by atoms with Crippen LogP contribution in [0.4, 0.5) is 4.39 Å². The molecule has 1 rings (SSSR count). The molecule has 0 saturated carbocycles. The molecule has 0 saturated heterocycles. The van der Waals surface area contributed by atoms with Gasteiger partial charge in [0.25, 0.3) is 0 Å². The number of hydrogen-bond donors (Lipinski definition) is 2. The summed E-state index contributed by atoms with van der Waals surface area (Å²) >= 11 is 0. The highest BCUT2D eigenvalue weighted by Crippen LogP contribution is 2.20. The van der Waals surface area contributed by atoms with Gasteiger partial charge in [0, 0.05) is 0 Å². The number of rotatable bonds is 3. The van der Waals surface area contributed by atoms with E-state index in [-0.39, 0.29) is 11.7 Å². The predicted molar refractivity (Wildman–Crippen MR) is 65.8 cm³/mol. The van der Waals surface area contributed by atoms with Gasteiger partial charge in [-0.1, -0.05) is 12.1 Å². The van der Waals surface area contributed by atoms with Gasteiger partial charge < -0.3 is 11.1 Å². The average molecular weight is 238 g/mol. The molecule has 94 valence electrons. The van der Waals surface area contributed by atoms with E-state index in [1.54, 1.807) is 26.0 Å². The number of hydrogen-bond acceptors (Lipinski definition) is 2. The van der Waals surface area contributed by atoms with Crippen LogP contribution in [0.3, 0.4) is 0 Å². The third kappa shape index (κ3) is 3.53. The molecule has 0 aliphatic carbocycles. The van der Waals surface area contributed by atoms with Crippen molar-refractivity contribution in [3.8, 4) is 0 Å². The molecule has 0 aliphatic rings. The number of halogens is 1. The van der Waals surface area contributed by atoms with Crippen molar-refractivity contribution in [2.75, 3.05) is 0 Å². The minimum Gasteiger partial charge on any atom is -0.346 e. The van der Waals surface area contributed by atoms with Gasteiger partial charge in [-0.3, -0.25) is 4.79 Å². The largest absolute Gasteiger partial charge is 0.346 e. The SMILES string of the molecule is CC(C)(N)C(=O)NC(C)(C)c1ccc(F)cc1. The Balaban J connectivity index is 2.89. The average Bonchev–Trinajstić information content (AvgIpc) is 2.16. The number of nitrogens with two attached hydrogens (primary N) is 1. The molecule has 0 fully saturated rings. The first-order valence-electron chi connectivity index (χ1n) is 5.50. The van der Waals surface area contributed by atoms with Crippen molar-refractivity contribution in [3.63, 3.8) is 0 Å². The highest BCUT2D eigenvalue weighted by molar-refractivity contribution is 5.85. The van der Waals surface area contributed by atoms with Crippen LogP contribution in [-0.4, -0.2) is 11.4 Å². The fourth-order valence-corrected chi connectivity index (χ4v) is 1.38. The van der Waals surface area contributed by atoms with Crippen molar-refractivity contribution in [2.24, 2.45) is 5.73 Å². The highest BCUT2D eigenvalue weighted by atomic mass is 19.1. The van der Waals surface area contributed by atoms with Crippen LogP contribution in [0.15, 0.2) is 24.3 Å². The lowest BCUT2D eigenvalue weighted by atomic mass is 9.92. The number of nitrogens with one attached hydrogen (secondary N) is 1. The van der Waals surface area contributed by atoms with Gasteiger partial charge in [-0.2, -0.15) is 0 Å². The quantitative estimate of drug-likeness (QED) is 0.845. The van der Waals surface area contributed by atoms with Crippen molar-refractivity contribution in [3.05, 3.63) is 35.6 Å². The minimum absolute atomic E-state index is 0.244. The van der Waals surface area contributed by atoms with Crippen LogP contribution < -0.4 is 11.1 Å². The summed E-state index contributed by atoms with van der Waals surface area (Å²) in [4.78, 5) is 11.8. The number of amides is 1. The Morgan fingerprint density at radius 1 is 1.18 bits per heavy atom. The van der Waals surface area contributed by atoms with Gasteiger partial charge >= 0.3 is 0 Å². The molecule has 0 atom stereocenters. The summed E-state index contributed by atoms with van der Waals surface area (Å²) in [6, 6.07) is 6.05. The van der Waals surface area contributed by atoms with E-state index in [1.165, 1.54) is 12.1 Å². The first-order chi connectivity index (χ1) is 7.63. The van der Waals surface area contributed by atoms with Crippen LogP contribution in [0.5, 0.6) is 0 Å². The summed E-state index contributed by atoms with van der Waals surface area (Å²) in [5.74, 6) is -0.540. The van der Waals surface area contributed by atoms with E-state index in [2.05, 4.69) is 5.32 Å². The fourth-order valence-electron chi connectivity index (χ4n) is 1.38. The van der Waals surface area contributed by atoms with Crippen LogP contribution in [0.2, 0.25) is 0 Å². The predicted octanol–water partition coefficient (Wildman–Crippen LogP) is 1.91. The van der Waals surface area contributed by atoms with Gasteiger partial charge in [0.05, 0.1) is 11.1 Å². The Labute approximate surface area is 101 Å². The zero-order valence-corrected chi connectivity index (χ0v) is 10.7. The minimum atomic E-state index is -0.933. The number of benzene rings is 1. The molecule has 0 unspecified atom stereocenters. The standard InChI is InChI=1S/C13H19FN2O/c1-12(2,15)11(17)16-13(3,4)9-5-7-10(14)8-6-9/h5-8H,15H2,1-4H3,(H,16,17). The molecule has 1 aromatic carbocycles. The first kappa shape index (κ1) is 13.6. The number of carbonyl (C=O) groups excluding carboxylic acids is 1.